The SMILES string of the molecule is CC#CC(=O)Nc1nc(C(=O)O)cs1. The molecule has 0 unspecified atom stereocenters. The van der Waals surface area contributed by atoms with Crippen LogP contribution in [0.5, 0.6) is 0 Å². The van der Waals surface area contributed by atoms with Gasteiger partial charge in [-0.25, -0.2) is 9.78 Å². The summed E-state index contributed by atoms with van der Waals surface area (Å²) >= 11 is 1.04. The number of amides is 1. The van der Waals surface area contributed by atoms with Crippen molar-refractivity contribution in [2.45, 2.75) is 6.92 Å². The molecular weight excluding hydrogens is 204 g/mol. The van der Waals surface area contributed by atoms with E-state index in [0.717, 1.165) is 11.3 Å². The molecule has 1 aromatic rings. The first-order chi connectivity index (χ1) is 6.63. The molecule has 1 amide bonds. The zero-order valence-corrected chi connectivity index (χ0v) is 8.01. The third kappa shape index (κ3) is 2.57. The number of carbonyl (C=O) groups is 2. The largest absolute Gasteiger partial charge is 0.476 e. The summed E-state index contributed by atoms with van der Waals surface area (Å²) < 4.78 is 0. The Hall–Kier alpha value is -1.87. The molecule has 0 saturated heterocycles. The molecule has 0 saturated carbocycles. The number of nitrogens with zero attached hydrogens (tertiary/aromatic N) is 1. The Morgan fingerprint density at radius 2 is 2.36 bits per heavy atom. The molecule has 0 aliphatic heterocycles. The minimum absolute atomic E-state index is 0.0882. The fraction of sp³-hybridized carbons (Fsp3) is 0.125. The van der Waals surface area contributed by atoms with Gasteiger partial charge in [-0.1, -0.05) is 5.92 Å². The summed E-state index contributed by atoms with van der Waals surface area (Å²) in [6.07, 6.45) is 0. The molecule has 14 heavy (non-hydrogen) atoms. The Morgan fingerprint density at radius 1 is 1.64 bits per heavy atom. The Labute approximate surface area is 83.8 Å². The first-order valence-electron chi connectivity index (χ1n) is 3.56. The van der Waals surface area contributed by atoms with Crippen molar-refractivity contribution in [2.24, 2.45) is 0 Å². The molecule has 0 atom stereocenters. The predicted octanol–water partition coefficient (Wildman–Crippen LogP) is 0.803. The zero-order valence-electron chi connectivity index (χ0n) is 7.20. The second-order valence-corrected chi connectivity index (χ2v) is 3.03. The molecule has 0 spiro atoms. The Bertz CT molecular complexity index is 427. The van der Waals surface area contributed by atoms with Crippen molar-refractivity contribution in [2.75, 3.05) is 5.32 Å². The highest BCUT2D eigenvalue weighted by molar-refractivity contribution is 7.14. The first kappa shape index (κ1) is 10.2. The lowest BCUT2D eigenvalue weighted by Gasteiger charge is -1.91. The number of aromatic nitrogens is 1. The normalized spacial score (nSPS) is 8.64. The van der Waals surface area contributed by atoms with Gasteiger partial charge in [-0.15, -0.1) is 11.3 Å². The molecular formula is C8H6N2O3S. The summed E-state index contributed by atoms with van der Waals surface area (Å²) in [6.45, 7) is 1.53. The van der Waals surface area contributed by atoms with Crippen LogP contribution in [0.15, 0.2) is 5.38 Å². The zero-order chi connectivity index (χ0) is 10.6. The summed E-state index contributed by atoms with van der Waals surface area (Å²) in [5, 5.41) is 12.5. The fourth-order valence-corrected chi connectivity index (χ4v) is 1.35. The van der Waals surface area contributed by atoms with Gasteiger partial charge in [-0.3, -0.25) is 10.1 Å². The molecule has 1 rings (SSSR count). The van der Waals surface area contributed by atoms with Crippen molar-refractivity contribution < 1.29 is 14.7 Å². The van der Waals surface area contributed by atoms with Crippen molar-refractivity contribution in [1.82, 2.24) is 4.98 Å². The fourth-order valence-electron chi connectivity index (χ4n) is 0.671. The minimum atomic E-state index is -1.12. The number of hydrogen-bond acceptors (Lipinski definition) is 4. The van der Waals surface area contributed by atoms with E-state index < -0.39 is 11.9 Å². The highest BCUT2D eigenvalue weighted by Crippen LogP contribution is 2.14. The van der Waals surface area contributed by atoms with Gasteiger partial charge in [0.15, 0.2) is 10.8 Å². The minimum Gasteiger partial charge on any atom is -0.476 e. The van der Waals surface area contributed by atoms with Crippen molar-refractivity contribution in [1.29, 1.82) is 0 Å². The molecule has 0 aliphatic carbocycles. The topological polar surface area (TPSA) is 79.3 Å². The lowest BCUT2D eigenvalue weighted by atomic mass is 10.5. The summed E-state index contributed by atoms with van der Waals surface area (Å²) in [5.41, 5.74) is -0.0882. The number of hydrogen-bond donors (Lipinski definition) is 2. The summed E-state index contributed by atoms with van der Waals surface area (Å²) in [5.74, 6) is 3.04. The standard InChI is InChI=1S/C8H6N2O3S/c1-2-3-6(11)10-8-9-5(4-14-8)7(12)13/h4H,1H3,(H,12,13)(H,9,10,11). The molecule has 5 nitrogen and oxygen atoms in total. The van der Waals surface area contributed by atoms with Crippen molar-refractivity contribution in [3.05, 3.63) is 11.1 Å². The van der Waals surface area contributed by atoms with Crippen molar-refractivity contribution >= 4 is 28.3 Å². The van der Waals surface area contributed by atoms with E-state index in [4.69, 9.17) is 5.11 Å². The quantitative estimate of drug-likeness (QED) is 0.708. The van der Waals surface area contributed by atoms with Gasteiger partial charge < -0.3 is 5.11 Å². The number of carboxylic acid groups (broad SMARTS) is 1. The average Bonchev–Trinajstić information content (AvgIpc) is 2.53. The van der Waals surface area contributed by atoms with E-state index in [9.17, 15) is 9.59 Å². The summed E-state index contributed by atoms with van der Waals surface area (Å²) in [6, 6.07) is 0. The van der Waals surface area contributed by atoms with Crippen LogP contribution in [0.3, 0.4) is 0 Å². The van der Waals surface area contributed by atoms with Crippen LogP contribution in [0.25, 0.3) is 0 Å². The highest BCUT2D eigenvalue weighted by Gasteiger charge is 2.09. The number of nitrogens with one attached hydrogen (secondary N) is 1. The van der Waals surface area contributed by atoms with Gasteiger partial charge in [0.1, 0.15) is 0 Å². The van der Waals surface area contributed by atoms with E-state index in [1.807, 2.05) is 0 Å². The van der Waals surface area contributed by atoms with Gasteiger partial charge in [0.2, 0.25) is 0 Å². The van der Waals surface area contributed by atoms with E-state index >= 15 is 0 Å². The molecule has 0 fully saturated rings. The molecule has 2 N–H and O–H groups in total. The molecule has 0 aliphatic rings. The number of carboxylic acids is 1. The van der Waals surface area contributed by atoms with Crippen LogP contribution in [0.2, 0.25) is 0 Å². The smallest absolute Gasteiger partial charge is 0.355 e. The second-order valence-electron chi connectivity index (χ2n) is 2.17. The van der Waals surface area contributed by atoms with Crippen LogP contribution in [-0.4, -0.2) is 22.0 Å². The van der Waals surface area contributed by atoms with Gasteiger partial charge in [0.25, 0.3) is 0 Å². The van der Waals surface area contributed by atoms with Gasteiger partial charge in [-0.2, -0.15) is 0 Å². The third-order valence-corrected chi connectivity index (χ3v) is 1.94. The monoisotopic (exact) mass is 210 g/mol. The molecule has 1 aromatic heterocycles. The van der Waals surface area contributed by atoms with Crippen LogP contribution >= 0.6 is 11.3 Å². The highest BCUT2D eigenvalue weighted by atomic mass is 32.1. The lowest BCUT2D eigenvalue weighted by molar-refractivity contribution is -0.111. The van der Waals surface area contributed by atoms with E-state index in [1.165, 1.54) is 12.3 Å². The Morgan fingerprint density at radius 3 is 2.86 bits per heavy atom. The lowest BCUT2D eigenvalue weighted by Crippen LogP contribution is -2.08. The molecule has 72 valence electrons. The molecule has 0 bridgehead atoms. The van der Waals surface area contributed by atoms with Crippen LogP contribution in [0, 0.1) is 11.8 Å². The van der Waals surface area contributed by atoms with E-state index in [1.54, 1.807) is 0 Å². The van der Waals surface area contributed by atoms with Gasteiger partial charge in [0, 0.05) is 5.38 Å². The molecule has 0 radical (unpaired) electrons. The number of thiazole rings is 1. The van der Waals surface area contributed by atoms with Crippen LogP contribution in [0.1, 0.15) is 17.4 Å². The van der Waals surface area contributed by atoms with Gasteiger partial charge >= 0.3 is 11.9 Å². The van der Waals surface area contributed by atoms with Crippen molar-refractivity contribution in [3.8, 4) is 11.8 Å². The summed E-state index contributed by atoms with van der Waals surface area (Å²) in [7, 11) is 0. The second kappa shape index (κ2) is 4.39. The molecule has 0 aromatic carbocycles. The van der Waals surface area contributed by atoms with E-state index in [0.29, 0.717) is 0 Å². The Balaban J connectivity index is 2.72. The summed E-state index contributed by atoms with van der Waals surface area (Å²) in [4.78, 5) is 25.0. The predicted molar refractivity (Wildman–Crippen MR) is 51.2 cm³/mol. The first-order valence-corrected chi connectivity index (χ1v) is 4.44. The third-order valence-electron chi connectivity index (χ3n) is 1.18. The Kier molecular flexibility index (Phi) is 3.20. The maximum Gasteiger partial charge on any atom is 0.355 e. The van der Waals surface area contributed by atoms with Gasteiger partial charge in [0.05, 0.1) is 0 Å². The number of carbonyl (C=O) groups excluding carboxylic acids is 1. The number of aromatic carboxylic acids is 1. The van der Waals surface area contributed by atoms with E-state index in [2.05, 4.69) is 22.1 Å². The molecule has 1 heterocycles. The van der Waals surface area contributed by atoms with Crippen molar-refractivity contribution in [3.63, 3.8) is 0 Å². The maximum atomic E-state index is 10.9. The number of anilines is 1. The average molecular weight is 210 g/mol. The van der Waals surface area contributed by atoms with Gasteiger partial charge in [-0.05, 0) is 12.8 Å². The molecule has 6 heteroatoms. The van der Waals surface area contributed by atoms with Crippen LogP contribution < -0.4 is 5.32 Å². The van der Waals surface area contributed by atoms with Crippen LogP contribution in [0.4, 0.5) is 5.13 Å². The maximum absolute atomic E-state index is 10.9. The number of rotatable bonds is 2. The van der Waals surface area contributed by atoms with Crippen LogP contribution in [-0.2, 0) is 4.79 Å². The van der Waals surface area contributed by atoms with E-state index in [-0.39, 0.29) is 10.8 Å².